The van der Waals surface area contributed by atoms with E-state index in [0.717, 1.165) is 6.07 Å². The van der Waals surface area contributed by atoms with Gasteiger partial charge in [0, 0.05) is 24.0 Å². The quantitative estimate of drug-likeness (QED) is 0.505. The molecule has 0 bridgehead atoms. The molecule has 0 unspecified atom stereocenters. The van der Waals surface area contributed by atoms with Crippen molar-refractivity contribution >= 4 is 44.7 Å². The number of sulfonamides is 1. The molecule has 3 rings (SSSR count). The van der Waals surface area contributed by atoms with Gasteiger partial charge in [-0.1, -0.05) is 29.8 Å². The Morgan fingerprint density at radius 2 is 1.83 bits per heavy atom. The SMILES string of the molecule is Nc1nccc(Oc2ccc(NS(=O)(=O)CC(=O)Nc3ccccc3)cc2F)c1Cl. The Bertz CT molecular complexity index is 1180. The summed E-state index contributed by atoms with van der Waals surface area (Å²) in [5, 5.41) is 2.48. The van der Waals surface area contributed by atoms with E-state index >= 15 is 0 Å². The highest BCUT2D eigenvalue weighted by Gasteiger charge is 2.18. The number of nitrogen functional groups attached to an aromatic ring is 1. The minimum absolute atomic E-state index is 0.0195. The molecule has 156 valence electrons. The van der Waals surface area contributed by atoms with Crippen molar-refractivity contribution in [1.29, 1.82) is 0 Å². The van der Waals surface area contributed by atoms with Crippen LogP contribution in [0.2, 0.25) is 5.02 Å². The molecular formula is C19H16ClFN4O4S. The molecule has 0 saturated carbocycles. The number of para-hydroxylation sites is 1. The summed E-state index contributed by atoms with van der Waals surface area (Å²) in [5.74, 6) is -2.52. The van der Waals surface area contributed by atoms with E-state index in [-0.39, 0.29) is 28.0 Å². The highest BCUT2D eigenvalue weighted by Crippen LogP contribution is 2.34. The van der Waals surface area contributed by atoms with Crippen LogP contribution in [0, 0.1) is 5.82 Å². The summed E-state index contributed by atoms with van der Waals surface area (Å²) < 4.78 is 46.3. The fourth-order valence-corrected chi connectivity index (χ4v) is 3.52. The van der Waals surface area contributed by atoms with Crippen LogP contribution < -0.4 is 20.5 Å². The summed E-state index contributed by atoms with van der Waals surface area (Å²) >= 11 is 5.96. The van der Waals surface area contributed by atoms with Crippen molar-refractivity contribution in [2.24, 2.45) is 0 Å². The van der Waals surface area contributed by atoms with Crippen LogP contribution in [-0.2, 0) is 14.8 Å². The molecule has 11 heteroatoms. The zero-order valence-electron chi connectivity index (χ0n) is 15.3. The van der Waals surface area contributed by atoms with E-state index in [0.29, 0.717) is 5.69 Å². The third-order valence-electron chi connectivity index (χ3n) is 3.68. The number of anilines is 3. The Hall–Kier alpha value is -3.37. The number of nitrogens with zero attached hydrogens (tertiary/aromatic N) is 1. The molecule has 30 heavy (non-hydrogen) atoms. The number of ether oxygens (including phenoxy) is 1. The number of benzene rings is 2. The normalized spacial score (nSPS) is 11.0. The maximum atomic E-state index is 14.4. The minimum atomic E-state index is -4.07. The molecule has 1 amide bonds. The molecule has 4 N–H and O–H groups in total. The van der Waals surface area contributed by atoms with Crippen molar-refractivity contribution in [3.05, 3.63) is 71.6 Å². The molecule has 0 aliphatic rings. The first-order valence-electron chi connectivity index (χ1n) is 8.46. The van der Waals surface area contributed by atoms with Crippen LogP contribution in [0.1, 0.15) is 0 Å². The molecule has 0 radical (unpaired) electrons. The lowest BCUT2D eigenvalue weighted by atomic mass is 10.3. The van der Waals surface area contributed by atoms with E-state index in [4.69, 9.17) is 22.1 Å². The first kappa shape index (κ1) is 21.3. The number of nitrogens with one attached hydrogen (secondary N) is 2. The van der Waals surface area contributed by atoms with Crippen LogP contribution in [0.15, 0.2) is 60.8 Å². The fourth-order valence-electron chi connectivity index (χ4n) is 2.39. The van der Waals surface area contributed by atoms with E-state index in [1.54, 1.807) is 30.3 Å². The van der Waals surface area contributed by atoms with Crippen molar-refractivity contribution in [3.8, 4) is 11.5 Å². The summed E-state index contributed by atoms with van der Waals surface area (Å²) in [6.45, 7) is 0. The van der Waals surface area contributed by atoms with E-state index in [1.165, 1.54) is 24.4 Å². The zero-order valence-corrected chi connectivity index (χ0v) is 16.9. The van der Waals surface area contributed by atoms with Gasteiger partial charge in [0.05, 0.1) is 5.69 Å². The summed E-state index contributed by atoms with van der Waals surface area (Å²) in [4.78, 5) is 15.7. The predicted octanol–water partition coefficient (Wildman–Crippen LogP) is 3.63. The molecule has 1 heterocycles. The lowest BCUT2D eigenvalue weighted by Gasteiger charge is -2.12. The summed E-state index contributed by atoms with van der Waals surface area (Å²) in [6, 6.07) is 13.2. The number of carbonyl (C=O) groups excluding carboxylic acids is 1. The standard InChI is InChI=1S/C19H16ClFN4O4S/c20-18-16(8-9-23-19(18)22)29-15-7-6-13(10-14(15)21)25-30(27,28)11-17(26)24-12-4-2-1-3-5-12/h1-10,25H,11H2,(H2,22,23)(H,24,26). The average Bonchev–Trinajstić information content (AvgIpc) is 2.67. The maximum Gasteiger partial charge on any atom is 0.241 e. The third kappa shape index (κ3) is 5.58. The molecular weight excluding hydrogens is 435 g/mol. The molecule has 0 saturated heterocycles. The van der Waals surface area contributed by atoms with Gasteiger partial charge in [-0.15, -0.1) is 0 Å². The number of pyridine rings is 1. The van der Waals surface area contributed by atoms with E-state index in [9.17, 15) is 17.6 Å². The lowest BCUT2D eigenvalue weighted by molar-refractivity contribution is -0.113. The fraction of sp³-hybridized carbons (Fsp3) is 0.0526. The van der Waals surface area contributed by atoms with Gasteiger partial charge in [-0.25, -0.2) is 17.8 Å². The van der Waals surface area contributed by atoms with E-state index < -0.39 is 27.5 Å². The molecule has 0 spiro atoms. The van der Waals surface area contributed by atoms with Gasteiger partial charge >= 0.3 is 0 Å². The second-order valence-electron chi connectivity index (χ2n) is 6.03. The number of amides is 1. The number of hydrogen-bond acceptors (Lipinski definition) is 6. The number of rotatable bonds is 7. The Balaban J connectivity index is 1.67. The van der Waals surface area contributed by atoms with Gasteiger partial charge in [-0.2, -0.15) is 0 Å². The van der Waals surface area contributed by atoms with Crippen LogP contribution in [0.25, 0.3) is 0 Å². The minimum Gasteiger partial charge on any atom is -0.453 e. The molecule has 3 aromatic rings. The van der Waals surface area contributed by atoms with Gasteiger partial charge in [0.25, 0.3) is 0 Å². The first-order chi connectivity index (χ1) is 14.2. The summed E-state index contributed by atoms with van der Waals surface area (Å²) in [7, 11) is -4.07. The predicted molar refractivity (Wildman–Crippen MR) is 113 cm³/mol. The van der Waals surface area contributed by atoms with Gasteiger partial charge in [0.15, 0.2) is 17.3 Å². The molecule has 0 fully saturated rings. The van der Waals surface area contributed by atoms with Crippen molar-refractivity contribution < 1.29 is 22.3 Å². The molecule has 1 aromatic heterocycles. The van der Waals surface area contributed by atoms with Crippen LogP contribution in [-0.4, -0.2) is 25.1 Å². The van der Waals surface area contributed by atoms with Crippen molar-refractivity contribution in [2.45, 2.75) is 0 Å². The lowest BCUT2D eigenvalue weighted by Crippen LogP contribution is -2.27. The zero-order chi connectivity index (χ0) is 21.7. The van der Waals surface area contributed by atoms with Gasteiger partial charge in [-0.05, 0) is 24.3 Å². The topological polar surface area (TPSA) is 123 Å². The number of nitrogens with two attached hydrogens (primary N) is 1. The molecule has 0 aliphatic heterocycles. The Kier molecular flexibility index (Phi) is 6.38. The Morgan fingerprint density at radius 1 is 1.10 bits per heavy atom. The van der Waals surface area contributed by atoms with Crippen LogP contribution in [0.4, 0.5) is 21.6 Å². The average molecular weight is 451 g/mol. The van der Waals surface area contributed by atoms with Crippen molar-refractivity contribution in [1.82, 2.24) is 4.98 Å². The highest BCUT2D eigenvalue weighted by atomic mass is 35.5. The molecule has 8 nitrogen and oxygen atoms in total. The summed E-state index contributed by atoms with van der Waals surface area (Å²) in [5.41, 5.74) is 5.95. The molecule has 2 aromatic carbocycles. The summed E-state index contributed by atoms with van der Waals surface area (Å²) in [6.07, 6.45) is 1.34. The molecule has 0 atom stereocenters. The Labute approximate surface area is 176 Å². The van der Waals surface area contributed by atoms with Crippen molar-refractivity contribution in [3.63, 3.8) is 0 Å². The van der Waals surface area contributed by atoms with Crippen LogP contribution >= 0.6 is 11.6 Å². The van der Waals surface area contributed by atoms with Gasteiger partial charge in [-0.3, -0.25) is 9.52 Å². The maximum absolute atomic E-state index is 14.4. The second-order valence-corrected chi connectivity index (χ2v) is 8.13. The van der Waals surface area contributed by atoms with Gasteiger partial charge < -0.3 is 15.8 Å². The number of hydrogen-bond donors (Lipinski definition) is 3. The van der Waals surface area contributed by atoms with E-state index in [1.807, 2.05) is 0 Å². The van der Waals surface area contributed by atoms with E-state index in [2.05, 4.69) is 15.0 Å². The molecule has 0 aliphatic carbocycles. The third-order valence-corrected chi connectivity index (χ3v) is 5.25. The first-order valence-corrected chi connectivity index (χ1v) is 10.5. The Morgan fingerprint density at radius 3 is 2.53 bits per heavy atom. The number of halogens is 2. The van der Waals surface area contributed by atoms with Crippen LogP contribution in [0.5, 0.6) is 11.5 Å². The van der Waals surface area contributed by atoms with Gasteiger partial charge in [0.1, 0.15) is 16.6 Å². The number of carbonyl (C=O) groups is 1. The highest BCUT2D eigenvalue weighted by molar-refractivity contribution is 7.93. The van der Waals surface area contributed by atoms with Gasteiger partial charge in [0.2, 0.25) is 15.9 Å². The monoisotopic (exact) mass is 450 g/mol. The number of aromatic nitrogens is 1. The largest absolute Gasteiger partial charge is 0.453 e. The smallest absolute Gasteiger partial charge is 0.241 e. The second kappa shape index (κ2) is 8.97. The van der Waals surface area contributed by atoms with Crippen LogP contribution in [0.3, 0.4) is 0 Å². The van der Waals surface area contributed by atoms with Crippen molar-refractivity contribution in [2.75, 3.05) is 21.5 Å².